The average Bonchev–Trinajstić information content (AvgIpc) is 3.40. The number of amides is 1. The van der Waals surface area contributed by atoms with Crippen LogP contribution in [0.25, 0.3) is 10.9 Å². The second-order valence-electron chi connectivity index (χ2n) is 9.42. The molecule has 1 amide bonds. The number of nitrogens with zero attached hydrogens (tertiary/aromatic N) is 5. The summed E-state index contributed by atoms with van der Waals surface area (Å²) in [6, 6.07) is 8.98. The number of nitrogens with one attached hydrogen (secondary N) is 2. The largest absolute Gasteiger partial charge is 0.493 e. The standard InChI is InChI=1S/C27H32F2N7O6P/c1-2-35(11-5-13-42-43(38,39)40)10-4-12-41-20-8-9-21-24(14-20)30-18-31-27(21)33-19-15-32-36(16-19)17-25(37)34-23-7-3-6-22(28)26(23)29/h3,6-9,14-16,18H,2,4-5,10-13,17H2,1H3,(H,34,37)(H,30,31,33)(H2,38,39,40). The van der Waals surface area contributed by atoms with Gasteiger partial charge in [-0.25, -0.2) is 23.3 Å². The van der Waals surface area contributed by atoms with Gasteiger partial charge in [-0.15, -0.1) is 0 Å². The molecule has 4 N–H and O–H groups in total. The maximum atomic E-state index is 13.8. The molecular formula is C27H32F2N7O6P. The first-order valence-corrected chi connectivity index (χ1v) is 15.0. The molecule has 0 aliphatic heterocycles. The highest BCUT2D eigenvalue weighted by Gasteiger charge is 2.14. The quantitative estimate of drug-likeness (QED) is 0.106. The first-order chi connectivity index (χ1) is 20.6. The number of hydrogen-bond acceptors (Lipinski definition) is 9. The van der Waals surface area contributed by atoms with Gasteiger partial charge in [-0.05, 0) is 43.7 Å². The maximum Gasteiger partial charge on any atom is 0.469 e. The molecule has 43 heavy (non-hydrogen) atoms. The highest BCUT2D eigenvalue weighted by atomic mass is 31.2. The number of hydrogen-bond donors (Lipinski definition) is 4. The van der Waals surface area contributed by atoms with Gasteiger partial charge in [0.2, 0.25) is 5.91 Å². The molecule has 2 aromatic heterocycles. The van der Waals surface area contributed by atoms with Crippen LogP contribution >= 0.6 is 7.82 Å². The number of fused-ring (bicyclic) bond motifs is 1. The molecule has 4 aromatic rings. The SMILES string of the molecule is CCN(CCCOc1ccc2c(Nc3cnn(CC(=O)Nc4cccc(F)c4F)c3)ncnc2c1)CCCOP(=O)(O)O. The van der Waals surface area contributed by atoms with Crippen LogP contribution in [0.5, 0.6) is 5.75 Å². The number of benzene rings is 2. The third-order valence-corrected chi connectivity index (χ3v) is 6.77. The lowest BCUT2D eigenvalue weighted by Crippen LogP contribution is -2.27. The number of rotatable bonds is 16. The smallest absolute Gasteiger partial charge is 0.469 e. The van der Waals surface area contributed by atoms with Crippen LogP contribution in [-0.2, 0) is 20.4 Å². The lowest BCUT2D eigenvalue weighted by molar-refractivity contribution is -0.116. The first-order valence-electron chi connectivity index (χ1n) is 13.4. The molecule has 0 spiro atoms. The molecule has 0 saturated carbocycles. The van der Waals surface area contributed by atoms with Gasteiger partial charge in [-0.3, -0.25) is 14.0 Å². The lowest BCUT2D eigenvalue weighted by atomic mass is 10.2. The zero-order valence-electron chi connectivity index (χ0n) is 23.3. The second kappa shape index (κ2) is 14.9. The van der Waals surface area contributed by atoms with Crippen molar-refractivity contribution in [2.45, 2.75) is 26.3 Å². The van der Waals surface area contributed by atoms with Gasteiger partial charge in [0.05, 0.1) is 36.3 Å². The van der Waals surface area contributed by atoms with Crippen LogP contribution in [0.3, 0.4) is 0 Å². The van der Waals surface area contributed by atoms with Crippen LogP contribution in [-0.4, -0.2) is 73.2 Å². The van der Waals surface area contributed by atoms with Gasteiger partial charge in [-0.1, -0.05) is 13.0 Å². The van der Waals surface area contributed by atoms with E-state index in [2.05, 4.69) is 35.1 Å². The number of phosphoric ester groups is 1. The average molecular weight is 620 g/mol. The molecular weight excluding hydrogens is 587 g/mol. The van der Waals surface area contributed by atoms with Crippen molar-refractivity contribution in [1.82, 2.24) is 24.6 Å². The van der Waals surface area contributed by atoms with E-state index in [1.807, 2.05) is 19.1 Å². The van der Waals surface area contributed by atoms with Crippen molar-refractivity contribution in [3.05, 3.63) is 66.8 Å². The summed E-state index contributed by atoms with van der Waals surface area (Å²) >= 11 is 0. The van der Waals surface area contributed by atoms with Crippen LogP contribution < -0.4 is 15.4 Å². The summed E-state index contributed by atoms with van der Waals surface area (Å²) in [6.45, 7) is 4.46. The Hall–Kier alpha value is -4.01. The molecule has 0 fully saturated rings. The fourth-order valence-corrected chi connectivity index (χ4v) is 4.56. The lowest BCUT2D eigenvalue weighted by Gasteiger charge is -2.20. The van der Waals surface area contributed by atoms with Gasteiger partial charge in [-0.2, -0.15) is 5.10 Å². The molecule has 0 aliphatic rings. The minimum Gasteiger partial charge on any atom is -0.493 e. The maximum absolute atomic E-state index is 13.8. The topological polar surface area (TPSA) is 164 Å². The highest BCUT2D eigenvalue weighted by molar-refractivity contribution is 7.46. The summed E-state index contributed by atoms with van der Waals surface area (Å²) in [5, 5.41) is 10.4. The van der Waals surface area contributed by atoms with Crippen molar-refractivity contribution in [3.8, 4) is 5.75 Å². The Bertz CT molecular complexity index is 1580. The highest BCUT2D eigenvalue weighted by Crippen LogP contribution is 2.35. The van der Waals surface area contributed by atoms with Crippen molar-refractivity contribution >= 4 is 41.8 Å². The van der Waals surface area contributed by atoms with Crippen LogP contribution in [0.2, 0.25) is 0 Å². The van der Waals surface area contributed by atoms with Crippen LogP contribution in [0.4, 0.5) is 26.0 Å². The molecule has 0 atom stereocenters. The summed E-state index contributed by atoms with van der Waals surface area (Å²) in [5.74, 6) is -1.60. The van der Waals surface area contributed by atoms with E-state index in [0.717, 1.165) is 31.0 Å². The molecule has 2 heterocycles. The monoisotopic (exact) mass is 619 g/mol. The minimum atomic E-state index is -4.44. The number of halogens is 2. The second-order valence-corrected chi connectivity index (χ2v) is 10.7. The van der Waals surface area contributed by atoms with E-state index in [1.54, 1.807) is 12.3 Å². The van der Waals surface area contributed by atoms with Crippen LogP contribution in [0.1, 0.15) is 19.8 Å². The number of anilines is 3. The number of ether oxygens (including phenoxy) is 1. The van der Waals surface area contributed by atoms with Crippen molar-refractivity contribution in [3.63, 3.8) is 0 Å². The first kappa shape index (κ1) is 31.9. The van der Waals surface area contributed by atoms with Gasteiger partial charge in [0.25, 0.3) is 0 Å². The van der Waals surface area contributed by atoms with E-state index in [1.165, 1.54) is 29.3 Å². The Labute approximate surface area is 246 Å². The van der Waals surface area contributed by atoms with Gasteiger partial charge >= 0.3 is 7.82 Å². The molecule has 13 nitrogen and oxygen atoms in total. The van der Waals surface area contributed by atoms with E-state index < -0.39 is 25.4 Å². The van der Waals surface area contributed by atoms with Crippen LogP contribution in [0, 0.1) is 11.6 Å². The van der Waals surface area contributed by atoms with Crippen LogP contribution in [0.15, 0.2) is 55.1 Å². The Morgan fingerprint density at radius 3 is 2.67 bits per heavy atom. The third-order valence-electron chi connectivity index (χ3n) is 6.25. The van der Waals surface area contributed by atoms with E-state index in [-0.39, 0.29) is 18.8 Å². The Morgan fingerprint density at radius 1 is 1.12 bits per heavy atom. The van der Waals surface area contributed by atoms with Gasteiger partial charge in [0.1, 0.15) is 24.4 Å². The summed E-state index contributed by atoms with van der Waals surface area (Å²) in [4.78, 5) is 40.6. The Morgan fingerprint density at radius 2 is 1.91 bits per heavy atom. The minimum absolute atomic E-state index is 0.00705. The van der Waals surface area contributed by atoms with E-state index >= 15 is 0 Å². The number of carbonyl (C=O) groups is 1. The molecule has 0 bridgehead atoms. The summed E-state index contributed by atoms with van der Waals surface area (Å²) in [5.41, 5.74) is 0.955. The normalized spacial score (nSPS) is 11.7. The molecule has 0 radical (unpaired) electrons. The molecule has 2 aromatic carbocycles. The molecule has 0 saturated heterocycles. The molecule has 230 valence electrons. The predicted octanol–water partition coefficient (Wildman–Crippen LogP) is 4.08. The van der Waals surface area contributed by atoms with E-state index in [4.69, 9.17) is 14.5 Å². The summed E-state index contributed by atoms with van der Waals surface area (Å²) in [7, 11) is -4.44. The van der Waals surface area contributed by atoms with Gasteiger partial charge in [0, 0.05) is 30.7 Å². The number of carbonyl (C=O) groups excluding carboxylic acids is 1. The molecule has 4 rings (SSSR count). The summed E-state index contributed by atoms with van der Waals surface area (Å²) < 4.78 is 49.7. The predicted molar refractivity (Wildman–Crippen MR) is 155 cm³/mol. The van der Waals surface area contributed by atoms with Crippen molar-refractivity contribution in [2.75, 3.05) is 43.5 Å². The third kappa shape index (κ3) is 9.76. The zero-order valence-corrected chi connectivity index (χ0v) is 24.2. The van der Waals surface area contributed by atoms with Crippen molar-refractivity contribution in [2.24, 2.45) is 0 Å². The van der Waals surface area contributed by atoms with Gasteiger partial charge in [0.15, 0.2) is 11.6 Å². The number of phosphoric acid groups is 1. The van der Waals surface area contributed by atoms with E-state index in [9.17, 15) is 18.1 Å². The molecule has 16 heteroatoms. The van der Waals surface area contributed by atoms with Crippen molar-refractivity contribution < 1.29 is 37.2 Å². The number of aromatic nitrogens is 4. The molecule has 0 unspecified atom stereocenters. The fourth-order valence-electron chi connectivity index (χ4n) is 4.19. The zero-order chi connectivity index (χ0) is 30.8. The van der Waals surface area contributed by atoms with Gasteiger partial charge < -0.3 is 30.1 Å². The van der Waals surface area contributed by atoms with Crippen molar-refractivity contribution in [1.29, 1.82) is 0 Å². The Balaban J connectivity index is 1.27. The van der Waals surface area contributed by atoms with E-state index in [0.29, 0.717) is 42.3 Å². The summed E-state index contributed by atoms with van der Waals surface area (Å²) in [6.07, 6.45) is 5.76. The Kier molecular flexibility index (Phi) is 11.1. The molecule has 0 aliphatic carbocycles. The fraction of sp³-hybridized carbons (Fsp3) is 0.333.